The van der Waals surface area contributed by atoms with Gasteiger partial charge in [-0.2, -0.15) is 0 Å². The molecule has 0 unspecified atom stereocenters. The van der Waals surface area contributed by atoms with Crippen molar-refractivity contribution in [3.8, 4) is 11.3 Å². The van der Waals surface area contributed by atoms with Gasteiger partial charge in [0.15, 0.2) is 5.67 Å². The number of fused-ring (bicyclic) bond motifs is 1. The van der Waals surface area contributed by atoms with Gasteiger partial charge in [0.2, 0.25) is 5.82 Å². The van der Waals surface area contributed by atoms with Crippen molar-refractivity contribution in [2.75, 3.05) is 0 Å². The topological polar surface area (TPSA) is 93.8 Å². The fourth-order valence-electron chi connectivity index (χ4n) is 5.21. The standard InChI is InChI=1S/C27H26ClF2N5O2/c1-15-5-7-16(8-6-15)14-35-21(27(2,30)24-19(29)4-3-9-32-24)11-20-23(35)22(34-25(33-20)26(36)37)17-10-18(28)13-31-12-17/h3-4,9-13,15-16H,5-8,14H2,1-2H3,(H,36,37)/t15?,16?,27-/m0/s1. The molecule has 0 amide bonds. The Kier molecular flexibility index (Phi) is 6.66. The first-order valence-corrected chi connectivity index (χ1v) is 12.6. The van der Waals surface area contributed by atoms with Gasteiger partial charge in [-0.1, -0.05) is 31.4 Å². The highest BCUT2D eigenvalue weighted by Gasteiger charge is 2.38. The minimum absolute atomic E-state index is 0.131. The highest BCUT2D eigenvalue weighted by atomic mass is 35.5. The summed E-state index contributed by atoms with van der Waals surface area (Å²) in [6.07, 6.45) is 8.37. The summed E-state index contributed by atoms with van der Waals surface area (Å²) in [6.45, 7) is 3.93. The van der Waals surface area contributed by atoms with Crippen LogP contribution in [-0.4, -0.2) is 35.6 Å². The maximum absolute atomic E-state index is 16.7. The van der Waals surface area contributed by atoms with E-state index in [1.54, 1.807) is 10.6 Å². The Hall–Kier alpha value is -3.46. The van der Waals surface area contributed by atoms with Crippen LogP contribution in [0, 0.1) is 17.7 Å². The van der Waals surface area contributed by atoms with Crippen LogP contribution in [0.4, 0.5) is 8.78 Å². The zero-order valence-electron chi connectivity index (χ0n) is 20.5. The number of carboxylic acid groups (broad SMARTS) is 1. The lowest BCUT2D eigenvalue weighted by Gasteiger charge is -2.29. The summed E-state index contributed by atoms with van der Waals surface area (Å²) in [5.74, 6) is -1.66. The second kappa shape index (κ2) is 9.78. The lowest BCUT2D eigenvalue weighted by Crippen LogP contribution is -2.27. The number of nitrogens with zero attached hydrogens (tertiary/aromatic N) is 5. The minimum Gasteiger partial charge on any atom is -0.475 e. The van der Waals surface area contributed by atoms with Crippen LogP contribution >= 0.6 is 11.6 Å². The molecule has 0 radical (unpaired) electrons. The Morgan fingerprint density at radius 1 is 1.22 bits per heavy atom. The van der Waals surface area contributed by atoms with E-state index in [4.69, 9.17) is 11.6 Å². The number of carbonyl (C=O) groups is 1. The third-order valence-electron chi connectivity index (χ3n) is 7.18. The summed E-state index contributed by atoms with van der Waals surface area (Å²) < 4.78 is 33.2. The van der Waals surface area contributed by atoms with E-state index in [-0.39, 0.29) is 28.5 Å². The van der Waals surface area contributed by atoms with Gasteiger partial charge in [-0.3, -0.25) is 9.97 Å². The number of aromatic carboxylic acids is 1. The first-order valence-electron chi connectivity index (χ1n) is 12.2. The molecule has 1 fully saturated rings. The third kappa shape index (κ3) is 4.80. The van der Waals surface area contributed by atoms with Crippen LogP contribution in [0.25, 0.3) is 22.3 Å². The maximum Gasteiger partial charge on any atom is 0.373 e. The van der Waals surface area contributed by atoms with Crippen LogP contribution in [0.3, 0.4) is 0 Å². The van der Waals surface area contributed by atoms with Gasteiger partial charge >= 0.3 is 5.97 Å². The molecule has 4 heterocycles. The first kappa shape index (κ1) is 25.2. The lowest BCUT2D eigenvalue weighted by atomic mass is 9.83. The maximum atomic E-state index is 16.7. The Labute approximate surface area is 217 Å². The normalized spacial score (nSPS) is 19.6. The SMILES string of the molecule is CC1CCC(Cn2c([C@](C)(F)c3ncccc3F)cc3nc(C(=O)O)nc(-c4cncc(Cl)c4)c32)CC1. The summed E-state index contributed by atoms with van der Waals surface area (Å²) in [5, 5.41) is 10.0. The highest BCUT2D eigenvalue weighted by molar-refractivity contribution is 6.30. The molecule has 1 aliphatic carbocycles. The lowest BCUT2D eigenvalue weighted by molar-refractivity contribution is 0.0684. The second-order valence-electron chi connectivity index (χ2n) is 9.93. The predicted octanol–water partition coefficient (Wildman–Crippen LogP) is 6.44. The van der Waals surface area contributed by atoms with E-state index in [9.17, 15) is 14.3 Å². The molecule has 0 bridgehead atoms. The number of rotatable bonds is 6. The van der Waals surface area contributed by atoms with E-state index >= 15 is 4.39 Å². The predicted molar refractivity (Wildman–Crippen MR) is 136 cm³/mol. The number of hydrogen-bond donors (Lipinski definition) is 1. The number of carboxylic acids is 1. The minimum atomic E-state index is -2.33. The van der Waals surface area contributed by atoms with Crippen LogP contribution in [-0.2, 0) is 12.2 Å². The van der Waals surface area contributed by atoms with Crippen LogP contribution in [0.1, 0.15) is 61.5 Å². The fraction of sp³-hybridized carbons (Fsp3) is 0.370. The Balaban J connectivity index is 1.79. The summed E-state index contributed by atoms with van der Waals surface area (Å²) in [6, 6.07) is 5.67. The molecule has 5 rings (SSSR count). The van der Waals surface area contributed by atoms with Crippen molar-refractivity contribution >= 4 is 28.6 Å². The molecule has 7 nitrogen and oxygen atoms in total. The van der Waals surface area contributed by atoms with E-state index in [0.717, 1.165) is 25.7 Å². The molecular weight excluding hydrogens is 500 g/mol. The molecule has 1 aliphatic rings. The summed E-state index contributed by atoms with van der Waals surface area (Å²) >= 11 is 6.19. The molecule has 0 saturated heterocycles. The molecule has 4 aromatic rings. The van der Waals surface area contributed by atoms with Crippen molar-refractivity contribution in [3.63, 3.8) is 0 Å². The van der Waals surface area contributed by atoms with Crippen molar-refractivity contribution in [2.24, 2.45) is 11.8 Å². The first-order chi connectivity index (χ1) is 17.6. The zero-order valence-corrected chi connectivity index (χ0v) is 21.2. The number of halogens is 3. The van der Waals surface area contributed by atoms with Crippen LogP contribution in [0.15, 0.2) is 42.9 Å². The van der Waals surface area contributed by atoms with Gasteiger partial charge in [0.1, 0.15) is 17.2 Å². The summed E-state index contributed by atoms with van der Waals surface area (Å²) in [7, 11) is 0. The fourth-order valence-corrected chi connectivity index (χ4v) is 5.38. The summed E-state index contributed by atoms with van der Waals surface area (Å²) in [4.78, 5) is 28.6. The zero-order chi connectivity index (χ0) is 26.3. The van der Waals surface area contributed by atoms with Gasteiger partial charge in [0.05, 0.1) is 21.7 Å². The molecular formula is C27H26ClF2N5O2. The number of pyridine rings is 2. The smallest absolute Gasteiger partial charge is 0.373 e. The second-order valence-corrected chi connectivity index (χ2v) is 10.4. The molecule has 0 aromatic carbocycles. The number of hydrogen-bond acceptors (Lipinski definition) is 5. The van der Waals surface area contributed by atoms with Gasteiger partial charge in [-0.15, -0.1) is 0 Å². The molecule has 1 atom stereocenters. The molecule has 37 heavy (non-hydrogen) atoms. The van der Waals surface area contributed by atoms with Gasteiger partial charge in [-0.25, -0.2) is 23.5 Å². The van der Waals surface area contributed by atoms with Gasteiger partial charge in [0, 0.05) is 30.7 Å². The van der Waals surface area contributed by atoms with E-state index in [1.165, 1.54) is 43.7 Å². The van der Waals surface area contributed by atoms with Crippen LogP contribution in [0.2, 0.25) is 5.02 Å². The monoisotopic (exact) mass is 525 g/mol. The van der Waals surface area contributed by atoms with Crippen molar-refractivity contribution in [1.29, 1.82) is 0 Å². The molecule has 0 aliphatic heterocycles. The summed E-state index contributed by atoms with van der Waals surface area (Å²) in [5.41, 5.74) is -1.13. The van der Waals surface area contributed by atoms with Gasteiger partial charge in [0.25, 0.3) is 0 Å². The Morgan fingerprint density at radius 3 is 2.65 bits per heavy atom. The molecule has 10 heteroatoms. The average Bonchev–Trinajstić information content (AvgIpc) is 3.24. The molecule has 0 spiro atoms. The largest absolute Gasteiger partial charge is 0.475 e. The molecule has 192 valence electrons. The number of aromatic nitrogens is 5. The van der Waals surface area contributed by atoms with Crippen LogP contribution in [0.5, 0.6) is 0 Å². The molecule has 4 aromatic heterocycles. The Bertz CT molecular complexity index is 1480. The molecule has 1 saturated carbocycles. The van der Waals surface area contributed by atoms with Crippen LogP contribution < -0.4 is 0 Å². The van der Waals surface area contributed by atoms with Gasteiger partial charge < -0.3 is 9.67 Å². The van der Waals surface area contributed by atoms with E-state index in [0.29, 0.717) is 28.6 Å². The third-order valence-corrected chi connectivity index (χ3v) is 7.38. The van der Waals surface area contributed by atoms with Crippen molar-refractivity contribution in [1.82, 2.24) is 24.5 Å². The highest BCUT2D eigenvalue weighted by Crippen LogP contribution is 2.41. The van der Waals surface area contributed by atoms with E-state index in [2.05, 4.69) is 26.9 Å². The van der Waals surface area contributed by atoms with E-state index < -0.39 is 23.3 Å². The van der Waals surface area contributed by atoms with Gasteiger partial charge in [-0.05, 0) is 55.9 Å². The van der Waals surface area contributed by atoms with Crippen molar-refractivity contribution in [2.45, 2.75) is 51.7 Å². The van der Waals surface area contributed by atoms with E-state index in [1.807, 2.05) is 0 Å². The van der Waals surface area contributed by atoms with Crippen molar-refractivity contribution in [3.05, 3.63) is 70.9 Å². The molecule has 1 N–H and O–H groups in total. The quantitative estimate of drug-likeness (QED) is 0.311. The average molecular weight is 526 g/mol. The Morgan fingerprint density at radius 2 is 1.97 bits per heavy atom. The number of alkyl halides is 1. The van der Waals surface area contributed by atoms with Crippen molar-refractivity contribution < 1.29 is 18.7 Å².